The van der Waals surface area contributed by atoms with Crippen molar-refractivity contribution in [2.24, 2.45) is 0 Å². The van der Waals surface area contributed by atoms with Crippen molar-refractivity contribution in [3.05, 3.63) is 340 Å². The van der Waals surface area contributed by atoms with Crippen molar-refractivity contribution in [2.45, 2.75) is 284 Å². The number of aromatic nitrogens is 13. The van der Waals surface area contributed by atoms with Crippen molar-refractivity contribution in [1.82, 2.24) is 64.8 Å². The molecule has 147 heavy (non-hydrogen) atoms. The van der Waals surface area contributed by atoms with E-state index in [-0.39, 0.29) is 0 Å². The van der Waals surface area contributed by atoms with Crippen molar-refractivity contribution in [3.63, 3.8) is 0 Å². The van der Waals surface area contributed by atoms with Crippen molar-refractivity contribution in [1.29, 1.82) is 0 Å². The van der Waals surface area contributed by atoms with Crippen LogP contribution in [0.2, 0.25) is 0 Å². The fourth-order valence-corrected chi connectivity index (χ4v) is 17.3. The zero-order valence-corrected chi connectivity index (χ0v) is 95.1. The molecule has 0 fully saturated rings. The van der Waals surface area contributed by atoms with Crippen LogP contribution in [0.15, 0.2) is 134 Å². The Bertz CT molecular complexity index is 7740. The predicted octanol–water partition coefficient (Wildman–Crippen LogP) is 33.6. The summed E-state index contributed by atoms with van der Waals surface area (Å²) in [4.78, 5) is 57.0. The quantitative estimate of drug-likeness (QED) is 0.0338. The van der Waals surface area contributed by atoms with Gasteiger partial charge in [0.1, 0.15) is 40.9 Å². The highest BCUT2D eigenvalue weighted by Crippen LogP contribution is 2.40. The molecule has 0 radical (unpaired) electrons. The second-order valence-corrected chi connectivity index (χ2v) is 39.1. The number of nitrogens with one attached hydrogen (secondary N) is 12. The van der Waals surface area contributed by atoms with E-state index in [1.54, 1.807) is 0 Å². The predicted molar refractivity (Wildman–Crippen MR) is 627 cm³/mol. The number of nitrogens with zero attached hydrogens (tertiary/aromatic N) is 11. The molecule has 23 heteroatoms. The Hall–Kier alpha value is -15.4. The minimum atomic E-state index is 0.525. The molecule has 0 aliphatic carbocycles. The molecule has 0 bridgehead atoms. The Balaban J connectivity index is 0.000000173. The molecule has 17 aromatic rings. The van der Waals surface area contributed by atoms with E-state index in [9.17, 15) is 0 Å². The van der Waals surface area contributed by atoms with Gasteiger partial charge in [-0.2, -0.15) is 34.9 Å². The van der Waals surface area contributed by atoms with Gasteiger partial charge in [0.05, 0.1) is 10.8 Å². The first-order valence-corrected chi connectivity index (χ1v) is 51.1. The molecule has 10 aromatic carbocycles. The SMILES string of the molecule is CC.CC.Cc1ccc(Nc2nc(Nc3cc(C)c(C)c(C)c3C)c3cc[nH]c3n2)c(C)c1C.Cc1ccc(Nc2nc(Nc3cc(C)c(C)c(C)c3C)nc3[nH]ccc23)c(C)c1C.Cc1ccc(Nc2ncnc(Nc3cc(C)c(C)c(C)c3C)n2)c(C)c1C.Cc1cnc(Nc2cc(C)c(C)c(C)c2C)nc1Nc1ccc(C)c(C)c1C.Cc1cnc(Nc2ccc(C)c(C)c2C)nc1Nc1cc(C)c(C)c(C)c1C. The van der Waals surface area contributed by atoms with E-state index in [1.165, 1.54) is 201 Å². The normalized spacial score (nSPS) is 10.8. The van der Waals surface area contributed by atoms with Gasteiger partial charge in [0.15, 0.2) is 0 Å². The standard InChI is InChI=1S/2C25H29N5.2C24H30N4.C22H27N5.2C2H6/c1-13-8-9-21(18(6)15(13)3)28-25-29-23-20(10-11-26-23)24(30-25)27-22-12-14(2)16(4)17(5)19(22)7;1-13-8-9-21(18(6)15(13)3)27-24-20-10-11-26-23(20)29-25(30-24)28-22-12-14(2)16(4)17(5)19(22)7;1-13-9-10-21(19(7)16(13)4)27-24-25-12-15(3)23(28-24)26-22-11-14(2)17(5)18(6)20(22)8;1-13-9-10-21(19(7)16(13)4)26-23-15(3)12-25-24(28-23)27-22-11-14(2)17(5)18(6)20(22)8;1-12-8-9-19(17(6)14(12)3)25-21-23-11-24-22(27-21)26-20-10-13(2)15(4)16(5)18(20)7;2*1-2/h2*8-12H,1-7H3,(H3,26,27,28,29,30);2*9-12H,1-8H3,(H2,25,26,27,28);8-11H,1-7H3,(H2,23,24,25,26,27);2*1-2H3. The minimum Gasteiger partial charge on any atom is -0.346 e. The molecule has 17 rings (SSSR count). The molecule has 23 nitrogen and oxygen atoms in total. The number of aryl methyl sites for hydroxylation is 12. The molecule has 7 aromatic heterocycles. The molecule has 0 aliphatic rings. The summed E-state index contributed by atoms with van der Waals surface area (Å²) in [6.07, 6.45) is 9.03. The van der Waals surface area contributed by atoms with Crippen LogP contribution in [-0.4, -0.2) is 64.8 Å². The second-order valence-electron chi connectivity index (χ2n) is 39.1. The average molecular weight is 1970 g/mol. The number of hydrogen-bond acceptors (Lipinski definition) is 21. The second kappa shape index (κ2) is 48.5. The Kier molecular flexibility index (Phi) is 37.0. The van der Waals surface area contributed by atoms with Gasteiger partial charge in [-0.05, 0) is 524 Å². The lowest BCUT2D eigenvalue weighted by molar-refractivity contribution is 1.05. The Morgan fingerprint density at radius 2 is 0.361 bits per heavy atom. The van der Waals surface area contributed by atoms with Gasteiger partial charge in [0, 0.05) is 92.8 Å². The summed E-state index contributed by atoms with van der Waals surface area (Å²) in [5.74, 6) is 6.60. The van der Waals surface area contributed by atoms with Gasteiger partial charge in [0.2, 0.25) is 35.7 Å². The summed E-state index contributed by atoms with van der Waals surface area (Å²) < 4.78 is 0. The highest BCUT2D eigenvalue weighted by atomic mass is 15.2. The molecule has 0 atom stereocenters. The maximum atomic E-state index is 4.83. The van der Waals surface area contributed by atoms with Crippen LogP contribution in [0, 0.1) is 256 Å². The summed E-state index contributed by atoms with van der Waals surface area (Å²) in [5, 5.41) is 36.3. The summed E-state index contributed by atoms with van der Waals surface area (Å²) in [7, 11) is 0. The molecule has 12 N–H and O–H groups in total. The first-order valence-electron chi connectivity index (χ1n) is 51.1. The van der Waals surface area contributed by atoms with Crippen LogP contribution < -0.4 is 53.2 Å². The highest BCUT2D eigenvalue weighted by molar-refractivity contribution is 5.93. The molecule has 0 saturated heterocycles. The number of H-pyrrole nitrogens is 2. The summed E-state index contributed by atoms with van der Waals surface area (Å²) in [6, 6.07) is 36.0. The maximum Gasteiger partial charge on any atom is 0.232 e. The van der Waals surface area contributed by atoms with E-state index in [2.05, 4.69) is 426 Å². The number of hydrogen-bond donors (Lipinski definition) is 12. The Labute approximate surface area is 874 Å². The van der Waals surface area contributed by atoms with Crippen molar-refractivity contribution >= 4 is 138 Å². The molecule has 7 heterocycles. The highest BCUT2D eigenvalue weighted by Gasteiger charge is 2.22. The van der Waals surface area contributed by atoms with Gasteiger partial charge in [-0.25, -0.2) is 19.9 Å². The van der Waals surface area contributed by atoms with E-state index >= 15 is 0 Å². The summed E-state index contributed by atoms with van der Waals surface area (Å²) in [6.45, 7) is 87.0. The van der Waals surface area contributed by atoms with Crippen molar-refractivity contribution in [2.75, 3.05) is 53.2 Å². The fraction of sp³-hybridized carbons (Fsp3) is 0.331. The number of anilines is 20. The maximum absolute atomic E-state index is 4.83. The van der Waals surface area contributed by atoms with Gasteiger partial charge in [-0.1, -0.05) is 58.0 Å². The summed E-state index contributed by atoms with van der Waals surface area (Å²) >= 11 is 0. The van der Waals surface area contributed by atoms with Crippen LogP contribution in [0.3, 0.4) is 0 Å². The van der Waals surface area contributed by atoms with Gasteiger partial charge >= 0.3 is 0 Å². The lowest BCUT2D eigenvalue weighted by Gasteiger charge is -2.17. The van der Waals surface area contributed by atoms with E-state index < -0.39 is 0 Å². The number of rotatable bonds is 20. The molecular formula is C124H157N23. The van der Waals surface area contributed by atoms with Crippen LogP contribution in [0.25, 0.3) is 22.1 Å². The first kappa shape index (κ1) is 112. The van der Waals surface area contributed by atoms with Crippen LogP contribution in [-0.2, 0) is 0 Å². The lowest BCUT2D eigenvalue weighted by atomic mass is 9.98. The molecule has 0 saturated carbocycles. The Morgan fingerprint density at radius 1 is 0.163 bits per heavy atom. The molecule has 0 amide bonds. The van der Waals surface area contributed by atoms with E-state index in [0.29, 0.717) is 35.7 Å². The third kappa shape index (κ3) is 25.8. The Morgan fingerprint density at radius 3 is 0.639 bits per heavy atom. The smallest absolute Gasteiger partial charge is 0.232 e. The van der Waals surface area contributed by atoms with Crippen LogP contribution in [0.4, 0.5) is 116 Å². The fourth-order valence-electron chi connectivity index (χ4n) is 17.3. The molecule has 0 spiro atoms. The first-order chi connectivity index (χ1) is 69.7. The van der Waals surface area contributed by atoms with Crippen LogP contribution >= 0.6 is 0 Å². The lowest BCUT2D eigenvalue weighted by Crippen LogP contribution is -2.06. The van der Waals surface area contributed by atoms with Crippen molar-refractivity contribution in [3.8, 4) is 0 Å². The minimum absolute atomic E-state index is 0.525. The van der Waals surface area contributed by atoms with Gasteiger partial charge in [0.25, 0.3) is 0 Å². The third-order valence-electron chi connectivity index (χ3n) is 30.5. The van der Waals surface area contributed by atoms with E-state index in [4.69, 9.17) is 24.9 Å². The van der Waals surface area contributed by atoms with Gasteiger partial charge in [-0.15, -0.1) is 0 Å². The molecule has 0 unspecified atom stereocenters. The van der Waals surface area contributed by atoms with Crippen LogP contribution in [0.1, 0.15) is 234 Å². The van der Waals surface area contributed by atoms with Crippen LogP contribution in [0.5, 0.6) is 0 Å². The molecule has 768 valence electrons. The zero-order valence-electron chi connectivity index (χ0n) is 95.1. The molecular weight excluding hydrogens is 1810 g/mol. The number of aromatic amines is 2. The largest absolute Gasteiger partial charge is 0.346 e. The topological polar surface area (TPSA) is 294 Å². The zero-order chi connectivity index (χ0) is 108. The van der Waals surface area contributed by atoms with Gasteiger partial charge in [-0.3, -0.25) is 0 Å². The summed E-state index contributed by atoms with van der Waals surface area (Å²) in [5.41, 5.74) is 58.7. The monoisotopic (exact) mass is 1970 g/mol. The van der Waals surface area contributed by atoms with E-state index in [0.717, 1.165) is 113 Å². The number of benzene rings is 10. The van der Waals surface area contributed by atoms with Gasteiger partial charge < -0.3 is 63.1 Å². The van der Waals surface area contributed by atoms with E-state index in [1.807, 2.05) is 78.5 Å². The molecule has 0 aliphatic heterocycles. The van der Waals surface area contributed by atoms with Crippen molar-refractivity contribution < 1.29 is 0 Å². The average Bonchev–Trinajstić information content (AvgIpc) is 1.69. The third-order valence-corrected chi connectivity index (χ3v) is 30.5. The number of fused-ring (bicyclic) bond motifs is 2.